The number of methoxy groups -OCH3 is 1. The number of anilines is 3. The summed E-state index contributed by atoms with van der Waals surface area (Å²) < 4.78 is 4.63. The molecular weight excluding hydrogens is 346 g/mol. The standard InChI is InChI=1S/C20H21N3O4/c1-11-8-15-16(9-12(11)2)23-19(25)17(22-15)10-18(24)21-14-6-4-13(5-7-14)20(26)27-3/h4-9,17,22H,10H2,1-3H3,(H,21,24)(H,23,25). The van der Waals surface area contributed by atoms with Gasteiger partial charge >= 0.3 is 5.97 Å². The summed E-state index contributed by atoms with van der Waals surface area (Å²) in [6.45, 7) is 3.97. The number of hydrogen-bond acceptors (Lipinski definition) is 5. The third kappa shape index (κ3) is 4.08. The van der Waals surface area contributed by atoms with Crippen LogP contribution in [0.4, 0.5) is 17.1 Å². The molecule has 2 aromatic carbocycles. The first kappa shape index (κ1) is 18.4. The molecule has 0 aromatic heterocycles. The Morgan fingerprint density at radius 3 is 2.33 bits per heavy atom. The van der Waals surface area contributed by atoms with E-state index in [0.29, 0.717) is 11.3 Å². The SMILES string of the molecule is COC(=O)c1ccc(NC(=O)CC2Nc3cc(C)c(C)cc3NC2=O)cc1. The molecule has 0 fully saturated rings. The van der Waals surface area contributed by atoms with Gasteiger partial charge in [0.25, 0.3) is 0 Å². The zero-order valence-electron chi connectivity index (χ0n) is 15.4. The number of nitrogens with one attached hydrogen (secondary N) is 3. The van der Waals surface area contributed by atoms with Crippen molar-refractivity contribution >= 4 is 34.8 Å². The Bertz CT molecular complexity index is 906. The highest BCUT2D eigenvalue weighted by molar-refractivity contribution is 6.06. The molecule has 3 rings (SSSR count). The predicted molar refractivity (Wildman–Crippen MR) is 103 cm³/mol. The Morgan fingerprint density at radius 1 is 1.07 bits per heavy atom. The van der Waals surface area contributed by atoms with Gasteiger partial charge in [0, 0.05) is 5.69 Å². The number of amides is 2. The van der Waals surface area contributed by atoms with Crippen molar-refractivity contribution < 1.29 is 19.1 Å². The molecule has 3 N–H and O–H groups in total. The van der Waals surface area contributed by atoms with Crippen LogP contribution in [0.5, 0.6) is 0 Å². The van der Waals surface area contributed by atoms with Crippen LogP contribution in [0.3, 0.4) is 0 Å². The number of hydrogen-bond donors (Lipinski definition) is 3. The van der Waals surface area contributed by atoms with Gasteiger partial charge in [0.1, 0.15) is 6.04 Å². The number of carbonyl (C=O) groups excluding carboxylic acids is 3. The lowest BCUT2D eigenvalue weighted by Gasteiger charge is -2.27. The van der Waals surface area contributed by atoms with E-state index in [9.17, 15) is 14.4 Å². The molecule has 0 saturated carbocycles. The van der Waals surface area contributed by atoms with Crippen molar-refractivity contribution in [3.05, 3.63) is 53.1 Å². The number of esters is 1. The van der Waals surface area contributed by atoms with E-state index in [2.05, 4.69) is 20.7 Å². The minimum Gasteiger partial charge on any atom is -0.465 e. The van der Waals surface area contributed by atoms with Gasteiger partial charge in [0.2, 0.25) is 11.8 Å². The Labute approximate surface area is 157 Å². The number of benzene rings is 2. The van der Waals surface area contributed by atoms with E-state index in [1.807, 2.05) is 26.0 Å². The van der Waals surface area contributed by atoms with E-state index >= 15 is 0 Å². The highest BCUT2D eigenvalue weighted by Crippen LogP contribution is 2.30. The first-order valence-electron chi connectivity index (χ1n) is 8.54. The molecule has 2 aromatic rings. The topological polar surface area (TPSA) is 96.5 Å². The molecule has 0 spiro atoms. The molecular formula is C20H21N3O4. The highest BCUT2D eigenvalue weighted by atomic mass is 16.5. The average Bonchev–Trinajstić information content (AvgIpc) is 2.64. The predicted octanol–water partition coefficient (Wildman–Crippen LogP) is 2.85. The lowest BCUT2D eigenvalue weighted by molar-refractivity contribution is -0.122. The van der Waals surface area contributed by atoms with E-state index in [1.54, 1.807) is 24.3 Å². The Kier molecular flexibility index (Phi) is 5.12. The zero-order valence-corrected chi connectivity index (χ0v) is 15.4. The Balaban J connectivity index is 1.64. The van der Waals surface area contributed by atoms with Crippen LogP contribution in [0.2, 0.25) is 0 Å². The minimum absolute atomic E-state index is 0.0169. The van der Waals surface area contributed by atoms with Crippen LogP contribution in [0.25, 0.3) is 0 Å². The summed E-state index contributed by atoms with van der Waals surface area (Å²) in [5.41, 5.74) is 4.65. The second-order valence-corrected chi connectivity index (χ2v) is 6.49. The normalized spacial score (nSPS) is 15.2. The number of aryl methyl sites for hydroxylation is 2. The first-order valence-corrected chi connectivity index (χ1v) is 8.54. The molecule has 1 aliphatic rings. The zero-order chi connectivity index (χ0) is 19.6. The van der Waals surface area contributed by atoms with E-state index in [-0.39, 0.29) is 18.2 Å². The summed E-state index contributed by atoms with van der Waals surface area (Å²) >= 11 is 0. The molecule has 7 nitrogen and oxygen atoms in total. The minimum atomic E-state index is -0.658. The molecule has 0 bridgehead atoms. The molecule has 1 heterocycles. The van der Waals surface area contributed by atoms with E-state index in [0.717, 1.165) is 22.5 Å². The molecule has 1 atom stereocenters. The van der Waals surface area contributed by atoms with Crippen LogP contribution in [0, 0.1) is 13.8 Å². The maximum Gasteiger partial charge on any atom is 0.337 e. The van der Waals surface area contributed by atoms with Crippen molar-refractivity contribution in [2.75, 3.05) is 23.1 Å². The number of rotatable bonds is 4. The van der Waals surface area contributed by atoms with E-state index in [1.165, 1.54) is 7.11 Å². The molecule has 7 heteroatoms. The summed E-state index contributed by atoms with van der Waals surface area (Å²) in [6, 6.07) is 9.56. The average molecular weight is 367 g/mol. The van der Waals surface area contributed by atoms with Gasteiger partial charge in [-0.3, -0.25) is 9.59 Å². The van der Waals surface area contributed by atoms with Crippen molar-refractivity contribution in [1.82, 2.24) is 0 Å². The van der Waals surface area contributed by atoms with Gasteiger partial charge in [0.15, 0.2) is 0 Å². The quantitative estimate of drug-likeness (QED) is 0.722. The third-order valence-corrected chi connectivity index (χ3v) is 4.52. The molecule has 1 aliphatic heterocycles. The van der Waals surface area contributed by atoms with Gasteiger partial charge in [-0.2, -0.15) is 0 Å². The Morgan fingerprint density at radius 2 is 1.70 bits per heavy atom. The smallest absolute Gasteiger partial charge is 0.337 e. The lowest BCUT2D eigenvalue weighted by atomic mass is 10.0. The maximum absolute atomic E-state index is 12.3. The molecule has 0 aliphatic carbocycles. The fraction of sp³-hybridized carbons (Fsp3) is 0.250. The number of fused-ring (bicyclic) bond motifs is 1. The summed E-state index contributed by atoms with van der Waals surface area (Å²) in [6.07, 6.45) is -0.0169. The highest BCUT2D eigenvalue weighted by Gasteiger charge is 2.28. The van der Waals surface area contributed by atoms with Crippen molar-refractivity contribution in [3.63, 3.8) is 0 Å². The summed E-state index contributed by atoms with van der Waals surface area (Å²) in [5, 5.41) is 8.70. The van der Waals surface area contributed by atoms with Crippen LogP contribution in [0.15, 0.2) is 36.4 Å². The van der Waals surface area contributed by atoms with Gasteiger partial charge in [-0.05, 0) is 61.4 Å². The van der Waals surface area contributed by atoms with Gasteiger partial charge in [-0.25, -0.2) is 4.79 Å². The summed E-state index contributed by atoms with van der Waals surface area (Å²) in [7, 11) is 1.31. The lowest BCUT2D eigenvalue weighted by Crippen LogP contribution is -2.41. The van der Waals surface area contributed by atoms with Gasteiger partial charge in [-0.15, -0.1) is 0 Å². The molecule has 140 valence electrons. The van der Waals surface area contributed by atoms with Crippen LogP contribution >= 0.6 is 0 Å². The van der Waals surface area contributed by atoms with Gasteiger partial charge in [0.05, 0.1) is 30.5 Å². The summed E-state index contributed by atoms with van der Waals surface area (Å²) in [5.74, 6) is -0.997. The van der Waals surface area contributed by atoms with E-state index in [4.69, 9.17) is 0 Å². The van der Waals surface area contributed by atoms with Crippen LogP contribution < -0.4 is 16.0 Å². The fourth-order valence-corrected chi connectivity index (χ4v) is 2.86. The second kappa shape index (κ2) is 7.49. The summed E-state index contributed by atoms with van der Waals surface area (Å²) in [4.78, 5) is 36.0. The molecule has 27 heavy (non-hydrogen) atoms. The van der Waals surface area contributed by atoms with Gasteiger partial charge < -0.3 is 20.7 Å². The monoisotopic (exact) mass is 367 g/mol. The van der Waals surface area contributed by atoms with E-state index < -0.39 is 12.0 Å². The molecule has 0 radical (unpaired) electrons. The Hall–Kier alpha value is -3.35. The van der Waals surface area contributed by atoms with Crippen LogP contribution in [-0.2, 0) is 14.3 Å². The maximum atomic E-state index is 12.3. The molecule has 2 amide bonds. The third-order valence-electron chi connectivity index (χ3n) is 4.52. The van der Waals surface area contributed by atoms with Crippen molar-refractivity contribution in [1.29, 1.82) is 0 Å². The second-order valence-electron chi connectivity index (χ2n) is 6.49. The molecule has 1 unspecified atom stereocenters. The van der Waals surface area contributed by atoms with Crippen molar-refractivity contribution in [3.8, 4) is 0 Å². The van der Waals surface area contributed by atoms with Crippen molar-refractivity contribution in [2.45, 2.75) is 26.3 Å². The first-order chi connectivity index (χ1) is 12.9. The molecule has 0 saturated heterocycles. The van der Waals surface area contributed by atoms with Crippen LogP contribution in [-0.4, -0.2) is 30.9 Å². The van der Waals surface area contributed by atoms with Crippen molar-refractivity contribution in [2.24, 2.45) is 0 Å². The largest absolute Gasteiger partial charge is 0.465 e. The number of ether oxygens (including phenoxy) is 1. The fourth-order valence-electron chi connectivity index (χ4n) is 2.86. The van der Waals surface area contributed by atoms with Gasteiger partial charge in [-0.1, -0.05) is 0 Å². The van der Waals surface area contributed by atoms with Crippen LogP contribution in [0.1, 0.15) is 27.9 Å². The number of carbonyl (C=O) groups is 3.